The van der Waals surface area contributed by atoms with Crippen LogP contribution in [0, 0.1) is 12.8 Å². The molecular formula is C30H35NO3S. The maximum absolute atomic E-state index is 10.5. The smallest absolute Gasteiger partial charge is 0.124 e. The Kier molecular flexibility index (Phi) is 7.60. The van der Waals surface area contributed by atoms with Gasteiger partial charge in [-0.1, -0.05) is 84.9 Å². The van der Waals surface area contributed by atoms with Gasteiger partial charge in [0.25, 0.3) is 0 Å². The Morgan fingerprint density at radius 2 is 1.26 bits per heavy atom. The number of nitrogens with zero attached hydrogens (tertiary/aromatic N) is 1. The lowest BCUT2D eigenvalue weighted by Gasteiger charge is -2.44. The topological polar surface area (TPSA) is 57.2 Å². The molecule has 0 saturated carbocycles. The lowest BCUT2D eigenvalue weighted by molar-refractivity contribution is -0.931. The van der Waals surface area contributed by atoms with Crippen LogP contribution in [0.25, 0.3) is 5.57 Å². The monoisotopic (exact) mass is 489 g/mol. The van der Waals surface area contributed by atoms with E-state index >= 15 is 0 Å². The SMILES string of the molecule is C[N+]1(C)[C@@H]2CC[C@H]1CC(C=C(c1ccccc1)c1ccccc1)C2.Cc1ccccc1S(=O)(=O)[O-]. The minimum absolute atomic E-state index is 0.139. The molecule has 2 aliphatic heterocycles. The lowest BCUT2D eigenvalue weighted by atomic mass is 9.85. The first kappa shape index (κ1) is 25.4. The molecule has 184 valence electrons. The second-order valence-electron chi connectivity index (χ2n) is 10.3. The standard InChI is InChI=1S/C23H28N.C7H8O3S/c1-24(2)21-13-14-22(24)16-18(15-21)17-23(19-9-5-3-6-10-19)20-11-7-4-8-12-20;1-6-4-2-3-5-7(6)11(8,9)10/h3-12,17-18,21-22H,13-16H2,1-2H3;2-5H,1H3,(H,8,9,10)/q+1;/p-1/t18?,21-,22+;. The number of benzene rings is 3. The Hall–Kier alpha value is -2.73. The van der Waals surface area contributed by atoms with Crippen molar-refractivity contribution in [2.45, 2.75) is 49.6 Å². The normalized spacial score (nSPS) is 22.6. The van der Waals surface area contributed by atoms with Crippen molar-refractivity contribution in [3.63, 3.8) is 0 Å². The Balaban J connectivity index is 0.000000221. The summed E-state index contributed by atoms with van der Waals surface area (Å²) in [5.41, 5.74) is 4.58. The molecule has 0 aliphatic carbocycles. The number of aryl methyl sites for hydroxylation is 1. The number of fused-ring (bicyclic) bond motifs is 2. The van der Waals surface area contributed by atoms with Gasteiger partial charge in [0, 0.05) is 25.7 Å². The van der Waals surface area contributed by atoms with Crippen LogP contribution in [-0.4, -0.2) is 43.6 Å². The highest BCUT2D eigenvalue weighted by Gasteiger charge is 2.48. The minimum Gasteiger partial charge on any atom is -0.744 e. The molecule has 3 aromatic carbocycles. The molecule has 4 nitrogen and oxygen atoms in total. The van der Waals surface area contributed by atoms with Crippen molar-refractivity contribution in [1.82, 2.24) is 0 Å². The van der Waals surface area contributed by atoms with Crippen molar-refractivity contribution < 1.29 is 17.5 Å². The van der Waals surface area contributed by atoms with E-state index in [0.29, 0.717) is 11.5 Å². The summed E-state index contributed by atoms with van der Waals surface area (Å²) in [6, 6.07) is 29.6. The first-order chi connectivity index (χ1) is 16.7. The fourth-order valence-corrected chi connectivity index (χ4v) is 6.43. The molecule has 0 amide bonds. The van der Waals surface area contributed by atoms with E-state index in [2.05, 4.69) is 80.8 Å². The van der Waals surface area contributed by atoms with E-state index in [1.807, 2.05) is 0 Å². The number of hydrogen-bond acceptors (Lipinski definition) is 3. The van der Waals surface area contributed by atoms with Crippen LogP contribution in [0.4, 0.5) is 0 Å². The Morgan fingerprint density at radius 1 is 0.800 bits per heavy atom. The number of hydrogen-bond donors (Lipinski definition) is 0. The second kappa shape index (κ2) is 10.5. The number of piperidine rings is 1. The van der Waals surface area contributed by atoms with Gasteiger partial charge < -0.3 is 9.04 Å². The van der Waals surface area contributed by atoms with E-state index in [4.69, 9.17) is 0 Å². The zero-order valence-corrected chi connectivity index (χ0v) is 21.6. The molecule has 3 aromatic rings. The van der Waals surface area contributed by atoms with Crippen LogP contribution >= 0.6 is 0 Å². The van der Waals surface area contributed by atoms with Gasteiger partial charge in [-0.3, -0.25) is 0 Å². The van der Waals surface area contributed by atoms with Crippen molar-refractivity contribution in [3.05, 3.63) is 108 Å². The Bertz CT molecular complexity index is 1210. The van der Waals surface area contributed by atoms with Gasteiger partial charge in [0.05, 0.1) is 31.1 Å². The van der Waals surface area contributed by atoms with Crippen LogP contribution in [0.5, 0.6) is 0 Å². The summed E-state index contributed by atoms with van der Waals surface area (Å²) >= 11 is 0. The predicted molar refractivity (Wildman–Crippen MR) is 141 cm³/mol. The summed E-state index contributed by atoms with van der Waals surface area (Å²) in [6.45, 7) is 1.59. The summed E-state index contributed by atoms with van der Waals surface area (Å²) in [4.78, 5) is -0.139. The van der Waals surface area contributed by atoms with E-state index in [0.717, 1.165) is 12.1 Å². The van der Waals surface area contributed by atoms with E-state index in [9.17, 15) is 13.0 Å². The highest BCUT2D eigenvalue weighted by Crippen LogP contribution is 2.43. The van der Waals surface area contributed by atoms with Gasteiger partial charge in [0.15, 0.2) is 0 Å². The molecule has 2 fully saturated rings. The average Bonchev–Trinajstić information content (AvgIpc) is 3.00. The summed E-state index contributed by atoms with van der Waals surface area (Å²) < 4.78 is 32.7. The predicted octanol–water partition coefficient (Wildman–Crippen LogP) is 6.03. The van der Waals surface area contributed by atoms with E-state index in [1.54, 1.807) is 19.1 Å². The molecule has 0 radical (unpaired) electrons. The largest absolute Gasteiger partial charge is 0.744 e. The third kappa shape index (κ3) is 5.92. The summed E-state index contributed by atoms with van der Waals surface area (Å²) in [7, 11) is 0.601. The maximum Gasteiger partial charge on any atom is 0.124 e. The molecular weight excluding hydrogens is 454 g/mol. The number of rotatable bonds is 4. The van der Waals surface area contributed by atoms with Crippen molar-refractivity contribution >= 4 is 15.7 Å². The van der Waals surface area contributed by atoms with Crippen LogP contribution < -0.4 is 0 Å². The fourth-order valence-electron chi connectivity index (χ4n) is 5.73. The third-order valence-corrected chi connectivity index (χ3v) is 8.80. The zero-order chi connectivity index (χ0) is 25.1. The molecule has 2 heterocycles. The highest BCUT2D eigenvalue weighted by atomic mass is 32.2. The Labute approximate surface area is 210 Å². The van der Waals surface area contributed by atoms with Crippen molar-refractivity contribution in [1.29, 1.82) is 0 Å². The van der Waals surface area contributed by atoms with Crippen molar-refractivity contribution in [3.8, 4) is 0 Å². The van der Waals surface area contributed by atoms with Gasteiger partial charge in [-0.05, 0) is 41.2 Å². The number of quaternary nitrogens is 1. The Morgan fingerprint density at radius 3 is 1.69 bits per heavy atom. The molecule has 0 aromatic heterocycles. The molecule has 0 N–H and O–H groups in total. The average molecular weight is 490 g/mol. The van der Waals surface area contributed by atoms with Crippen molar-refractivity contribution in [2.75, 3.05) is 14.1 Å². The van der Waals surface area contributed by atoms with Crippen LogP contribution in [0.3, 0.4) is 0 Å². The van der Waals surface area contributed by atoms with Crippen LogP contribution in [0.15, 0.2) is 95.9 Å². The van der Waals surface area contributed by atoms with Gasteiger partial charge in [-0.25, -0.2) is 8.42 Å². The molecule has 35 heavy (non-hydrogen) atoms. The molecule has 1 unspecified atom stereocenters. The third-order valence-electron chi connectivity index (χ3n) is 7.80. The van der Waals surface area contributed by atoms with Crippen LogP contribution in [-0.2, 0) is 10.1 Å². The molecule has 5 heteroatoms. The molecule has 2 bridgehead atoms. The molecule has 5 rings (SSSR count). The fraction of sp³-hybridized carbons (Fsp3) is 0.333. The van der Waals surface area contributed by atoms with Gasteiger partial charge in [0.1, 0.15) is 10.1 Å². The molecule has 0 spiro atoms. The molecule has 3 atom stereocenters. The minimum atomic E-state index is -4.28. The first-order valence-electron chi connectivity index (χ1n) is 12.3. The van der Waals surface area contributed by atoms with Gasteiger partial charge in [0.2, 0.25) is 0 Å². The maximum atomic E-state index is 10.5. The lowest BCUT2D eigenvalue weighted by Crippen LogP contribution is -2.54. The molecule has 2 aliphatic rings. The van der Waals surface area contributed by atoms with Crippen LogP contribution in [0.2, 0.25) is 0 Å². The van der Waals surface area contributed by atoms with E-state index in [-0.39, 0.29) is 4.90 Å². The summed E-state index contributed by atoms with van der Waals surface area (Å²) in [5.74, 6) is 0.712. The number of allylic oxidation sites excluding steroid dienone is 1. The first-order valence-corrected chi connectivity index (χ1v) is 13.7. The van der Waals surface area contributed by atoms with E-state index < -0.39 is 10.1 Å². The highest BCUT2D eigenvalue weighted by molar-refractivity contribution is 7.85. The van der Waals surface area contributed by atoms with E-state index in [1.165, 1.54) is 59.0 Å². The van der Waals surface area contributed by atoms with Crippen LogP contribution in [0.1, 0.15) is 42.4 Å². The van der Waals surface area contributed by atoms with Gasteiger partial charge >= 0.3 is 0 Å². The molecule has 2 saturated heterocycles. The van der Waals surface area contributed by atoms with Crippen molar-refractivity contribution in [2.24, 2.45) is 5.92 Å². The zero-order valence-electron chi connectivity index (χ0n) is 20.8. The quantitative estimate of drug-likeness (QED) is 0.332. The van der Waals surface area contributed by atoms with Gasteiger partial charge in [-0.2, -0.15) is 0 Å². The van der Waals surface area contributed by atoms with Gasteiger partial charge in [-0.15, -0.1) is 0 Å². The summed E-state index contributed by atoms with van der Waals surface area (Å²) in [6.07, 6.45) is 8.08. The summed E-state index contributed by atoms with van der Waals surface area (Å²) in [5, 5.41) is 0. The second-order valence-corrected chi connectivity index (χ2v) is 11.6.